The number of aliphatic hydroxyl groups excluding tert-OH is 8. The number of fused-ring (bicyclic) bond motifs is 12. The normalized spacial score (nSPS) is 14.2. The third kappa shape index (κ3) is 30.4. The van der Waals surface area contributed by atoms with Crippen molar-refractivity contribution in [3.63, 3.8) is 0 Å². The quantitative estimate of drug-likeness (QED) is 0.0471. The van der Waals surface area contributed by atoms with Crippen molar-refractivity contribution in [1.82, 2.24) is 39.9 Å². The summed E-state index contributed by atoms with van der Waals surface area (Å²) in [4.78, 5) is 36.3. The van der Waals surface area contributed by atoms with E-state index in [0.717, 1.165) is 93.5 Å². The molecule has 8 aromatic carbocycles. The summed E-state index contributed by atoms with van der Waals surface area (Å²) < 4.78 is 0. The molecule has 12 aromatic rings. The van der Waals surface area contributed by atoms with Crippen molar-refractivity contribution in [1.29, 1.82) is 0 Å². The van der Waals surface area contributed by atoms with Gasteiger partial charge in [-0.2, -0.15) is 0 Å². The molecule has 4 aliphatic rings. The monoisotopic (exact) mass is 2470 g/mol. The van der Waals surface area contributed by atoms with Gasteiger partial charge >= 0.3 is 0 Å². The molecule has 4 heterocycles. The zero-order chi connectivity index (χ0) is 92.4. The van der Waals surface area contributed by atoms with Gasteiger partial charge in [-0.15, -0.1) is 144 Å². The minimum absolute atomic E-state index is 0. The van der Waals surface area contributed by atoms with E-state index in [1.807, 2.05) is 156 Å². The molecule has 8 unspecified atom stereocenters. The zero-order valence-electron chi connectivity index (χ0n) is 80.0. The Morgan fingerprint density at radius 3 is 1.04 bits per heavy atom. The maximum atomic E-state index is 9.76. The van der Waals surface area contributed by atoms with Crippen LogP contribution in [-0.4, -0.2) is 130 Å². The topological polar surface area (TPSA) is 265 Å². The van der Waals surface area contributed by atoms with Crippen molar-refractivity contribution in [2.75, 3.05) is 0 Å². The maximum Gasteiger partial charge on any atom is 0.106 e. The number of nitrogens with zero attached hydrogens (tertiary/aromatic N) is 8. The summed E-state index contributed by atoms with van der Waals surface area (Å²) in [6, 6.07) is 73.4. The Bertz CT molecular complexity index is 5390. The van der Waals surface area contributed by atoms with Crippen molar-refractivity contribution in [2.45, 2.75) is 277 Å². The molecule has 0 bridgehead atoms. The molecule has 704 valence electrons. The third-order valence-corrected chi connectivity index (χ3v) is 23.2. The minimum atomic E-state index is -0.443. The first-order valence-corrected chi connectivity index (χ1v) is 44.4. The Morgan fingerprint density at radius 2 is 0.669 bits per heavy atom. The van der Waals surface area contributed by atoms with E-state index >= 15 is 0 Å². The second-order valence-electron chi connectivity index (χ2n) is 39.7. The predicted octanol–water partition coefficient (Wildman–Crippen LogP) is 22.0. The zero-order valence-corrected chi connectivity index (χ0v) is 89.6. The Kier molecular flexibility index (Phi) is 43.5. The van der Waals surface area contributed by atoms with Crippen molar-refractivity contribution < 1.29 is 121 Å². The summed E-state index contributed by atoms with van der Waals surface area (Å²) in [6.45, 7) is 46.1. The Labute approximate surface area is 829 Å². The number of rotatable bonds is 14. The van der Waals surface area contributed by atoms with Crippen LogP contribution in [0.2, 0.25) is 0 Å². The van der Waals surface area contributed by atoms with Crippen molar-refractivity contribution >= 4 is 0 Å². The van der Waals surface area contributed by atoms with Gasteiger partial charge in [-0.25, -0.2) is 19.9 Å². The second-order valence-corrected chi connectivity index (χ2v) is 39.7. The molecule has 0 saturated carbocycles. The minimum Gasteiger partial charge on any atom is -0.393 e. The van der Waals surface area contributed by atoms with Gasteiger partial charge in [-0.3, -0.25) is 19.9 Å². The molecule has 20 heteroatoms. The number of aromatic nitrogens is 8. The summed E-state index contributed by atoms with van der Waals surface area (Å²) in [7, 11) is 0. The molecule has 8 N–H and O–H groups in total. The third-order valence-electron chi connectivity index (χ3n) is 23.2. The van der Waals surface area contributed by atoms with Crippen LogP contribution < -0.4 is 0 Å². The van der Waals surface area contributed by atoms with E-state index in [-0.39, 0.29) is 137 Å². The summed E-state index contributed by atoms with van der Waals surface area (Å²) in [5.41, 5.74) is 31.3. The average Bonchev–Trinajstić information content (AvgIpc) is 1.57. The van der Waals surface area contributed by atoms with E-state index in [0.29, 0.717) is 25.7 Å². The first kappa shape index (κ1) is 113. The van der Waals surface area contributed by atoms with Crippen molar-refractivity contribution in [2.24, 2.45) is 21.7 Å². The molecule has 130 heavy (non-hydrogen) atoms. The molecular formula is C110H136Ir4N8O8-4. The van der Waals surface area contributed by atoms with E-state index in [2.05, 4.69) is 216 Å². The van der Waals surface area contributed by atoms with Gasteiger partial charge in [0.25, 0.3) is 0 Å². The van der Waals surface area contributed by atoms with Crippen LogP contribution in [0.1, 0.15) is 246 Å². The molecule has 4 aromatic heterocycles. The van der Waals surface area contributed by atoms with Crippen LogP contribution in [0, 0.1) is 52.8 Å². The van der Waals surface area contributed by atoms with Crippen LogP contribution >= 0.6 is 0 Å². The molecule has 0 spiro atoms. The van der Waals surface area contributed by atoms with Crippen molar-refractivity contribution in [3.8, 4) is 90.1 Å². The standard InChI is InChI=1S/C21H19N2.C20H17N2.C19H15N2.C18H13N2.2C11H24O2.2C5H12O2.4Ir/c1-21(2,3)18-11-7-10-15-16(18)12-17-19(22-13-23-20(15)17)14-8-5-4-6-9-14;1-2-6-14-9-10-16-12-18-19(15-7-4-3-5-8-15)21-13-22-20(18)17(16)11-14;1-19(2)15-11-7-6-10-14(15)18-16(19)17(20-12-21-18)13-8-4-3-5-9-13;1-12-6-5-9-14-15(12)10-16-17(19-11-20-18(14)16)13-7-3-2-4-8-13;2*1-10(2,3)8(12)7-9(13)11(4,5)6;2*1-4(6)3-5(2)7;;;;/h4-8,10-11,13H,12H2,1-3H3;3-5,7,9-11,13H,2,6,12H2,1H3;3-8,10-12H,1-2H3;2-7,9,11H,10H2,1H3;2*8-9,12-13H,7H2,1-6H3;2*4-7H,3H2,1-2H3;;;;/q4*-1;;;;;;;;. The van der Waals surface area contributed by atoms with Crippen LogP contribution in [0.3, 0.4) is 0 Å². The fraction of sp³-hybridized carbons (Fsp3) is 0.418. The van der Waals surface area contributed by atoms with E-state index < -0.39 is 24.4 Å². The summed E-state index contributed by atoms with van der Waals surface area (Å²) >= 11 is 0. The Balaban J connectivity index is 0.000000269. The van der Waals surface area contributed by atoms with Gasteiger partial charge in [0, 0.05) is 121 Å². The molecule has 16 rings (SSSR count). The molecule has 0 amide bonds. The van der Waals surface area contributed by atoms with Gasteiger partial charge in [0.05, 0.1) is 71.6 Å². The largest absolute Gasteiger partial charge is 0.393 e. The van der Waals surface area contributed by atoms with Gasteiger partial charge in [0.15, 0.2) is 0 Å². The number of aliphatic hydroxyl groups is 8. The molecule has 4 aliphatic carbocycles. The summed E-state index contributed by atoms with van der Waals surface area (Å²) in [6.07, 6.45) is 10.3. The Hall–Kier alpha value is -7.64. The molecule has 0 fully saturated rings. The van der Waals surface area contributed by atoms with Gasteiger partial charge < -0.3 is 40.9 Å². The molecular weight excluding hydrogens is 2330 g/mol. The number of hydrogen-bond acceptors (Lipinski definition) is 16. The van der Waals surface area contributed by atoms with Crippen molar-refractivity contribution in [3.05, 3.63) is 287 Å². The molecule has 0 aliphatic heterocycles. The summed E-state index contributed by atoms with van der Waals surface area (Å²) in [5.74, 6) is 0. The number of hydrogen-bond donors (Lipinski definition) is 8. The molecule has 8 atom stereocenters. The molecule has 16 nitrogen and oxygen atoms in total. The first-order chi connectivity index (χ1) is 59.3. The summed E-state index contributed by atoms with van der Waals surface area (Å²) in [5, 5.41) is 73.3. The van der Waals surface area contributed by atoms with Crippen LogP contribution in [0.5, 0.6) is 0 Å². The van der Waals surface area contributed by atoms with Gasteiger partial charge in [0.1, 0.15) is 25.3 Å². The van der Waals surface area contributed by atoms with E-state index in [1.54, 1.807) is 53.0 Å². The molecule has 0 saturated heterocycles. The number of benzene rings is 8. The first-order valence-electron chi connectivity index (χ1n) is 44.4. The fourth-order valence-electron chi connectivity index (χ4n) is 15.7. The van der Waals surface area contributed by atoms with E-state index in [9.17, 15) is 20.4 Å². The van der Waals surface area contributed by atoms with Gasteiger partial charge in [-0.1, -0.05) is 204 Å². The SMILES string of the molecule is CC(C)(C)C(O)CC(O)C(C)(C)C.CC(C)(C)C(O)CC(O)C(C)(C)C.CC(C)(C)c1cccc2c1Cc1c(-c3[c-]cccc3)ncnc1-2.CC(O)CC(C)O.CC(O)CC(C)O.CC1(C)c2ccccc2-c2ncnc(-c3[c-]cccc3)c21.CCCc1ccc2c(c1)-c1ncnc(-c3[c-]cccc3)c1C2.Cc1cccc2c1Cc1c(-c3[c-]cccc3)ncnc1-2.[Ir].[Ir].[Ir].[Ir]. The maximum absolute atomic E-state index is 9.76. The predicted molar refractivity (Wildman–Crippen MR) is 512 cm³/mol. The number of aryl methyl sites for hydroxylation is 2. The van der Waals surface area contributed by atoms with E-state index in [4.69, 9.17) is 20.4 Å². The van der Waals surface area contributed by atoms with Crippen LogP contribution in [0.15, 0.2) is 201 Å². The van der Waals surface area contributed by atoms with Crippen LogP contribution in [0.4, 0.5) is 0 Å². The van der Waals surface area contributed by atoms with Gasteiger partial charge in [0.2, 0.25) is 0 Å². The average molecular weight is 2470 g/mol. The Morgan fingerprint density at radius 1 is 0.338 bits per heavy atom. The fourth-order valence-corrected chi connectivity index (χ4v) is 15.7. The van der Waals surface area contributed by atoms with E-state index in [1.165, 1.54) is 89.9 Å². The van der Waals surface area contributed by atoms with Crippen LogP contribution in [0.25, 0.3) is 90.1 Å². The second kappa shape index (κ2) is 50.1. The molecule has 4 radical (unpaired) electrons. The van der Waals surface area contributed by atoms with Gasteiger partial charge in [-0.05, 0) is 190 Å². The van der Waals surface area contributed by atoms with Crippen LogP contribution in [-0.2, 0) is 117 Å². The smallest absolute Gasteiger partial charge is 0.106 e.